The van der Waals surface area contributed by atoms with E-state index in [0.29, 0.717) is 12.5 Å². The highest BCUT2D eigenvalue weighted by Crippen LogP contribution is 2.08. The molecule has 3 aromatic rings. The molecule has 0 amide bonds. The highest BCUT2D eigenvalue weighted by Gasteiger charge is 2.24. The normalized spacial score (nSPS) is 11.0. The Morgan fingerprint density at radius 2 is 1.88 bits per heavy atom. The molecule has 2 aromatic heterocycles. The van der Waals surface area contributed by atoms with Gasteiger partial charge in [-0.15, -0.1) is 0 Å². The molecule has 9 nitrogen and oxygen atoms in total. The molecule has 130 valence electrons. The summed E-state index contributed by atoms with van der Waals surface area (Å²) in [6.07, 6.45) is 0. The summed E-state index contributed by atoms with van der Waals surface area (Å²) < 4.78 is 3.47. The molecule has 0 radical (unpaired) electrons. The van der Waals surface area contributed by atoms with Crippen LogP contribution >= 0.6 is 0 Å². The second-order valence-corrected chi connectivity index (χ2v) is 5.67. The summed E-state index contributed by atoms with van der Waals surface area (Å²) >= 11 is 0. The number of fused-ring (bicyclic) bond motifs is 1. The van der Waals surface area contributed by atoms with E-state index < -0.39 is 23.8 Å². The van der Waals surface area contributed by atoms with Crippen LogP contribution in [0, 0.1) is 0 Å². The Morgan fingerprint density at radius 3 is 2.52 bits per heavy atom. The first-order chi connectivity index (χ1) is 11.9. The molecule has 0 atom stereocenters. The highest BCUT2D eigenvalue weighted by atomic mass is 16.4. The third-order valence-electron chi connectivity index (χ3n) is 4.01. The van der Waals surface area contributed by atoms with Gasteiger partial charge in [-0.25, -0.2) is 14.3 Å². The Labute approximate surface area is 141 Å². The van der Waals surface area contributed by atoms with Gasteiger partial charge < -0.3 is 9.90 Å². The van der Waals surface area contributed by atoms with Crippen molar-refractivity contribution in [1.29, 1.82) is 0 Å². The van der Waals surface area contributed by atoms with Crippen molar-refractivity contribution in [2.24, 2.45) is 14.1 Å². The summed E-state index contributed by atoms with van der Waals surface area (Å²) in [6.45, 7) is -0.112. The van der Waals surface area contributed by atoms with Gasteiger partial charge in [0.05, 0.1) is 12.5 Å². The lowest BCUT2D eigenvalue weighted by Gasteiger charge is -2.05. The third kappa shape index (κ3) is 2.91. The Kier molecular flexibility index (Phi) is 4.14. The molecule has 0 aliphatic heterocycles. The second-order valence-electron chi connectivity index (χ2n) is 5.67. The summed E-state index contributed by atoms with van der Waals surface area (Å²) in [5.74, 6) is -1.04. The molecule has 0 bridgehead atoms. The standard InChI is InChI=1S/C16H17N5O4/c1-19-13-12(14(24)20(2)16(19)25)21(9-11(22)23)15(18-13)17-8-10-6-4-3-5-7-10/h3-7H,8-9H2,1-2H3,(H2,17,18,22,23,24). The molecular weight excluding hydrogens is 326 g/mol. The first-order valence-electron chi connectivity index (χ1n) is 7.59. The van der Waals surface area contributed by atoms with Gasteiger partial charge >= 0.3 is 11.6 Å². The van der Waals surface area contributed by atoms with E-state index in [1.165, 1.54) is 23.2 Å². The molecule has 0 fully saturated rings. The maximum Gasteiger partial charge on any atom is 0.357 e. The highest BCUT2D eigenvalue weighted by molar-refractivity contribution is 5.69. The number of benzene rings is 1. The molecule has 0 unspecified atom stereocenters. The van der Waals surface area contributed by atoms with E-state index in [9.17, 15) is 19.5 Å². The number of carbonyl (C=O) groups is 1. The zero-order valence-corrected chi connectivity index (χ0v) is 13.8. The molecule has 2 heterocycles. The smallest absolute Gasteiger partial charge is 0.357 e. The van der Waals surface area contributed by atoms with E-state index in [1.807, 2.05) is 30.3 Å². The number of rotatable bonds is 5. The molecule has 0 saturated heterocycles. The van der Waals surface area contributed by atoms with E-state index in [0.717, 1.165) is 10.1 Å². The molecule has 0 saturated carbocycles. The molecule has 1 aromatic carbocycles. The van der Waals surface area contributed by atoms with Crippen molar-refractivity contribution in [1.82, 2.24) is 14.1 Å². The van der Waals surface area contributed by atoms with E-state index in [2.05, 4.69) is 10.3 Å². The first kappa shape index (κ1) is 16.5. The number of imidazole rings is 1. The van der Waals surface area contributed by atoms with Gasteiger partial charge in [-0.2, -0.15) is 0 Å². The minimum absolute atomic E-state index is 0.0874. The Balaban J connectivity index is 2.15. The Hall–Kier alpha value is -3.36. The van der Waals surface area contributed by atoms with Crippen molar-refractivity contribution in [3.8, 4) is 0 Å². The van der Waals surface area contributed by atoms with Crippen molar-refractivity contribution in [2.45, 2.75) is 13.1 Å². The van der Waals surface area contributed by atoms with Crippen molar-refractivity contribution in [3.63, 3.8) is 0 Å². The summed E-state index contributed by atoms with van der Waals surface area (Å²) in [6, 6.07) is 9.48. The second kappa shape index (κ2) is 6.27. The third-order valence-corrected chi connectivity index (χ3v) is 4.01. The molecule has 0 aliphatic rings. The van der Waals surface area contributed by atoms with Gasteiger partial charge in [0, 0.05) is 14.1 Å². The number of aliphatic carboxylic acids is 1. The molecule has 9 heteroatoms. The molecule has 3 rings (SSSR count). The van der Waals surface area contributed by atoms with Gasteiger partial charge in [0.1, 0.15) is 6.54 Å². The first-order valence-corrected chi connectivity index (χ1v) is 7.59. The van der Waals surface area contributed by atoms with Gasteiger partial charge in [-0.3, -0.25) is 19.2 Å². The van der Waals surface area contributed by atoms with E-state index >= 15 is 0 Å². The number of carboxylic acids is 1. The monoisotopic (exact) mass is 343 g/mol. The molecule has 0 spiro atoms. The Bertz CT molecular complexity index is 1060. The lowest BCUT2D eigenvalue weighted by atomic mass is 10.2. The number of carbonyl (C=O) groups excluding carboxylic acids is 1. The summed E-state index contributed by atoms with van der Waals surface area (Å²) in [7, 11) is 2.85. The number of hydrogen-bond donors (Lipinski definition) is 2. The summed E-state index contributed by atoms with van der Waals surface area (Å²) in [4.78, 5) is 38.6. The van der Waals surface area contributed by atoms with Gasteiger partial charge in [0.25, 0.3) is 5.56 Å². The fraction of sp³-hybridized carbons (Fsp3) is 0.250. The number of hydrogen-bond acceptors (Lipinski definition) is 5. The number of nitrogens with one attached hydrogen (secondary N) is 2. The number of aromatic amines is 1. The SMILES string of the molecule is Cn1c(=O)c2c([nH]c(NCc3ccccc3)[n+]2CC(=O)[O-])n(C)c1=O. The van der Waals surface area contributed by atoms with Crippen molar-refractivity contribution in [2.75, 3.05) is 5.32 Å². The van der Waals surface area contributed by atoms with Gasteiger partial charge in [-0.05, 0) is 5.56 Å². The van der Waals surface area contributed by atoms with Crippen molar-refractivity contribution >= 4 is 23.1 Å². The number of H-pyrrole nitrogens is 1. The molecule has 25 heavy (non-hydrogen) atoms. The quantitative estimate of drug-likeness (QED) is 0.531. The zero-order chi connectivity index (χ0) is 18.1. The topological polar surface area (TPSA) is 116 Å². The van der Waals surface area contributed by atoms with Crippen LogP contribution in [-0.4, -0.2) is 20.1 Å². The zero-order valence-electron chi connectivity index (χ0n) is 13.8. The number of anilines is 1. The number of aryl methyl sites for hydroxylation is 1. The van der Waals surface area contributed by atoms with E-state index in [-0.39, 0.29) is 11.2 Å². The number of nitrogens with zero attached hydrogens (tertiary/aromatic N) is 3. The predicted molar refractivity (Wildman–Crippen MR) is 87.8 cm³/mol. The van der Waals surface area contributed by atoms with Crippen LogP contribution in [0.1, 0.15) is 5.56 Å². The van der Waals surface area contributed by atoms with Crippen LogP contribution < -0.4 is 26.2 Å². The van der Waals surface area contributed by atoms with E-state index in [4.69, 9.17) is 0 Å². The maximum absolute atomic E-state index is 12.5. The van der Waals surface area contributed by atoms with Crippen LogP contribution in [0.5, 0.6) is 0 Å². The number of carboxylic acid groups (broad SMARTS) is 1. The van der Waals surface area contributed by atoms with Gasteiger partial charge in [0.15, 0.2) is 0 Å². The molecular formula is C16H17N5O4. The average molecular weight is 343 g/mol. The van der Waals surface area contributed by atoms with Crippen LogP contribution in [0.2, 0.25) is 0 Å². The van der Waals surface area contributed by atoms with Crippen LogP contribution in [0.15, 0.2) is 39.9 Å². The molecule has 2 N–H and O–H groups in total. The fourth-order valence-electron chi connectivity index (χ4n) is 2.71. The van der Waals surface area contributed by atoms with Crippen molar-refractivity contribution in [3.05, 3.63) is 56.7 Å². The van der Waals surface area contributed by atoms with Crippen LogP contribution in [0.3, 0.4) is 0 Å². The van der Waals surface area contributed by atoms with Gasteiger partial charge in [-0.1, -0.05) is 30.3 Å². The molecule has 0 aliphatic carbocycles. The summed E-state index contributed by atoms with van der Waals surface area (Å²) in [5, 5.41) is 14.2. The lowest BCUT2D eigenvalue weighted by Crippen LogP contribution is -2.49. The number of aromatic nitrogens is 4. The summed E-state index contributed by atoms with van der Waals surface area (Å²) in [5.41, 5.74) is 0.217. The van der Waals surface area contributed by atoms with Gasteiger partial charge in [0.2, 0.25) is 11.2 Å². The fourth-order valence-corrected chi connectivity index (χ4v) is 2.71. The van der Waals surface area contributed by atoms with Crippen LogP contribution in [0.25, 0.3) is 11.2 Å². The predicted octanol–water partition coefficient (Wildman–Crippen LogP) is -1.79. The van der Waals surface area contributed by atoms with Crippen molar-refractivity contribution < 1.29 is 14.5 Å². The van der Waals surface area contributed by atoms with E-state index in [1.54, 1.807) is 0 Å². The van der Waals surface area contributed by atoms with Crippen LogP contribution in [-0.2, 0) is 32.0 Å². The largest absolute Gasteiger partial charge is 0.547 e. The maximum atomic E-state index is 12.5. The lowest BCUT2D eigenvalue weighted by molar-refractivity contribution is -0.652. The Morgan fingerprint density at radius 1 is 1.20 bits per heavy atom. The minimum atomic E-state index is -1.34. The van der Waals surface area contributed by atoms with Crippen LogP contribution in [0.4, 0.5) is 5.95 Å². The minimum Gasteiger partial charge on any atom is -0.547 e. The average Bonchev–Trinajstić information content (AvgIpc) is 2.95.